The predicted molar refractivity (Wildman–Crippen MR) is 152 cm³/mol. The summed E-state index contributed by atoms with van der Waals surface area (Å²) in [4.78, 5) is 27.4. The third-order valence-electron chi connectivity index (χ3n) is 6.83. The van der Waals surface area contributed by atoms with Crippen LogP contribution in [0.25, 0.3) is 5.57 Å². The molecule has 192 valence electrons. The first-order valence-corrected chi connectivity index (χ1v) is 13.1. The van der Waals surface area contributed by atoms with E-state index < -0.39 is 0 Å². The van der Waals surface area contributed by atoms with Crippen molar-refractivity contribution in [2.24, 2.45) is 0 Å². The highest BCUT2D eigenvalue weighted by atomic mass is 16.2. The van der Waals surface area contributed by atoms with Gasteiger partial charge in [0.1, 0.15) is 0 Å². The van der Waals surface area contributed by atoms with Crippen molar-refractivity contribution in [2.45, 2.75) is 33.6 Å². The van der Waals surface area contributed by atoms with Crippen LogP contribution in [0.1, 0.15) is 53.7 Å². The van der Waals surface area contributed by atoms with Crippen molar-refractivity contribution in [3.05, 3.63) is 101 Å². The van der Waals surface area contributed by atoms with Gasteiger partial charge in [0.2, 0.25) is 0 Å². The first-order chi connectivity index (χ1) is 18.0. The number of amides is 3. The maximum absolute atomic E-state index is 12.8. The first kappa shape index (κ1) is 26.2. The molecule has 6 heteroatoms. The summed E-state index contributed by atoms with van der Waals surface area (Å²) in [5.41, 5.74) is 7.90. The second-order valence-corrected chi connectivity index (χ2v) is 9.26. The van der Waals surface area contributed by atoms with Gasteiger partial charge >= 0.3 is 6.03 Å². The normalized spacial score (nSPS) is 13.1. The second-order valence-electron chi connectivity index (χ2n) is 9.26. The molecule has 0 bridgehead atoms. The Morgan fingerprint density at radius 1 is 0.811 bits per heavy atom. The SMILES string of the molecule is CCN(CC)C(=O)c1ccc(C(=C2CCNCC2)c2cccc(NC(=O)Nc3ccccc3C)c2)cc1. The molecule has 1 saturated heterocycles. The molecule has 3 aromatic carbocycles. The van der Waals surface area contributed by atoms with Crippen molar-refractivity contribution in [1.82, 2.24) is 10.2 Å². The number of aryl methyl sites for hydroxylation is 1. The van der Waals surface area contributed by atoms with E-state index in [0.29, 0.717) is 18.7 Å². The summed E-state index contributed by atoms with van der Waals surface area (Å²) in [6.07, 6.45) is 1.92. The number of hydrogen-bond donors (Lipinski definition) is 3. The van der Waals surface area contributed by atoms with Crippen LogP contribution < -0.4 is 16.0 Å². The van der Waals surface area contributed by atoms with Gasteiger partial charge in [-0.3, -0.25) is 4.79 Å². The van der Waals surface area contributed by atoms with Crippen LogP contribution in [-0.2, 0) is 0 Å². The van der Waals surface area contributed by atoms with E-state index in [-0.39, 0.29) is 11.9 Å². The molecule has 0 unspecified atom stereocenters. The molecule has 0 aliphatic carbocycles. The minimum absolute atomic E-state index is 0.0542. The summed E-state index contributed by atoms with van der Waals surface area (Å²) in [6, 6.07) is 23.4. The molecule has 3 N–H and O–H groups in total. The lowest BCUT2D eigenvalue weighted by molar-refractivity contribution is 0.0773. The van der Waals surface area contributed by atoms with Gasteiger partial charge in [-0.25, -0.2) is 4.79 Å². The quantitative estimate of drug-likeness (QED) is 0.359. The summed E-state index contributed by atoms with van der Waals surface area (Å²) in [5.74, 6) is 0.0542. The molecule has 1 heterocycles. The van der Waals surface area contributed by atoms with Gasteiger partial charge in [0.25, 0.3) is 5.91 Å². The summed E-state index contributed by atoms with van der Waals surface area (Å²) in [6.45, 7) is 9.22. The number of anilines is 2. The maximum atomic E-state index is 12.8. The molecule has 0 radical (unpaired) electrons. The Labute approximate surface area is 219 Å². The van der Waals surface area contributed by atoms with E-state index in [2.05, 4.69) is 22.0 Å². The number of para-hydroxylation sites is 1. The third-order valence-corrected chi connectivity index (χ3v) is 6.83. The molecule has 3 amide bonds. The Morgan fingerprint density at radius 3 is 2.16 bits per heavy atom. The van der Waals surface area contributed by atoms with Crippen LogP contribution in [0.2, 0.25) is 0 Å². The van der Waals surface area contributed by atoms with E-state index >= 15 is 0 Å². The second kappa shape index (κ2) is 12.4. The van der Waals surface area contributed by atoms with Gasteiger partial charge in [-0.2, -0.15) is 0 Å². The smallest absolute Gasteiger partial charge is 0.323 e. The van der Waals surface area contributed by atoms with Gasteiger partial charge in [-0.1, -0.05) is 48.0 Å². The molecule has 0 spiro atoms. The van der Waals surface area contributed by atoms with Crippen molar-refractivity contribution >= 4 is 28.9 Å². The lowest BCUT2D eigenvalue weighted by atomic mass is 9.88. The molecule has 0 saturated carbocycles. The predicted octanol–water partition coefficient (Wildman–Crippen LogP) is 6.31. The molecule has 3 aromatic rings. The molecule has 0 atom stereocenters. The summed E-state index contributed by atoms with van der Waals surface area (Å²) in [5, 5.41) is 9.35. The fourth-order valence-corrected chi connectivity index (χ4v) is 4.78. The molecule has 0 aromatic heterocycles. The van der Waals surface area contributed by atoms with Crippen molar-refractivity contribution < 1.29 is 9.59 Å². The Balaban J connectivity index is 1.62. The molecule has 37 heavy (non-hydrogen) atoms. The minimum atomic E-state index is -0.276. The number of hydrogen-bond acceptors (Lipinski definition) is 3. The Hall–Kier alpha value is -3.90. The molecular weight excluding hydrogens is 460 g/mol. The van der Waals surface area contributed by atoms with E-state index in [9.17, 15) is 9.59 Å². The van der Waals surface area contributed by atoms with Crippen LogP contribution in [0.15, 0.2) is 78.4 Å². The van der Waals surface area contributed by atoms with E-state index in [4.69, 9.17) is 0 Å². The molecular formula is C31H36N4O2. The molecule has 4 rings (SSSR count). The standard InChI is InChI=1S/C31H36N4O2/c1-4-35(5-2)30(36)25-15-13-23(14-16-25)29(24-17-19-32-20-18-24)26-10-8-11-27(21-26)33-31(37)34-28-12-7-6-9-22(28)3/h6-16,21,32H,4-5,17-20H2,1-3H3,(H2,33,34,37). The average molecular weight is 497 g/mol. The average Bonchev–Trinajstić information content (AvgIpc) is 2.92. The van der Waals surface area contributed by atoms with Crippen molar-refractivity contribution in [1.29, 1.82) is 0 Å². The van der Waals surface area contributed by atoms with Crippen molar-refractivity contribution in [3.63, 3.8) is 0 Å². The largest absolute Gasteiger partial charge is 0.339 e. The fraction of sp³-hybridized carbons (Fsp3) is 0.290. The number of nitrogens with one attached hydrogen (secondary N) is 3. The van der Waals surface area contributed by atoms with E-state index in [1.807, 2.05) is 92.4 Å². The number of rotatable bonds is 7. The Bertz CT molecular complexity index is 1270. The lowest BCUT2D eigenvalue weighted by Gasteiger charge is -2.22. The van der Waals surface area contributed by atoms with Crippen LogP contribution in [0, 0.1) is 6.92 Å². The highest BCUT2D eigenvalue weighted by Crippen LogP contribution is 2.32. The molecule has 6 nitrogen and oxygen atoms in total. The van der Waals surface area contributed by atoms with Gasteiger partial charge < -0.3 is 20.9 Å². The summed E-state index contributed by atoms with van der Waals surface area (Å²) >= 11 is 0. The minimum Gasteiger partial charge on any atom is -0.339 e. The van der Waals surface area contributed by atoms with Crippen molar-refractivity contribution in [2.75, 3.05) is 36.8 Å². The Kier molecular flexibility index (Phi) is 8.75. The zero-order valence-corrected chi connectivity index (χ0v) is 21.9. The van der Waals surface area contributed by atoms with Gasteiger partial charge in [0, 0.05) is 30.0 Å². The molecule has 1 aliphatic heterocycles. The maximum Gasteiger partial charge on any atom is 0.323 e. The van der Waals surface area contributed by atoms with Gasteiger partial charge in [-0.05, 0) is 99.3 Å². The lowest BCUT2D eigenvalue weighted by Crippen LogP contribution is -2.30. The summed E-state index contributed by atoms with van der Waals surface area (Å²) < 4.78 is 0. The molecule has 1 aliphatic rings. The number of carbonyl (C=O) groups excluding carboxylic acids is 2. The monoisotopic (exact) mass is 496 g/mol. The van der Waals surface area contributed by atoms with Crippen LogP contribution >= 0.6 is 0 Å². The number of nitrogens with zero attached hydrogens (tertiary/aromatic N) is 1. The number of urea groups is 1. The highest BCUT2D eigenvalue weighted by Gasteiger charge is 2.17. The zero-order valence-electron chi connectivity index (χ0n) is 21.9. The highest BCUT2D eigenvalue weighted by molar-refractivity contribution is 6.00. The number of carbonyl (C=O) groups is 2. The van der Waals surface area contributed by atoms with Crippen molar-refractivity contribution in [3.8, 4) is 0 Å². The van der Waals surface area contributed by atoms with Crippen LogP contribution in [0.5, 0.6) is 0 Å². The van der Waals surface area contributed by atoms with Crippen LogP contribution in [0.3, 0.4) is 0 Å². The first-order valence-electron chi connectivity index (χ1n) is 13.1. The number of benzene rings is 3. The number of piperidine rings is 1. The van der Waals surface area contributed by atoms with Gasteiger partial charge in [0.05, 0.1) is 0 Å². The topological polar surface area (TPSA) is 73.5 Å². The summed E-state index contributed by atoms with van der Waals surface area (Å²) in [7, 11) is 0. The fourth-order valence-electron chi connectivity index (χ4n) is 4.78. The molecule has 1 fully saturated rings. The van der Waals surface area contributed by atoms with E-state index in [1.54, 1.807) is 0 Å². The van der Waals surface area contributed by atoms with E-state index in [1.165, 1.54) is 11.1 Å². The zero-order chi connectivity index (χ0) is 26.2. The van der Waals surface area contributed by atoms with E-state index in [0.717, 1.165) is 54.0 Å². The van der Waals surface area contributed by atoms with Gasteiger partial charge in [-0.15, -0.1) is 0 Å². The van der Waals surface area contributed by atoms with Crippen LogP contribution in [-0.4, -0.2) is 43.0 Å². The Morgan fingerprint density at radius 2 is 1.49 bits per heavy atom. The van der Waals surface area contributed by atoms with Crippen LogP contribution in [0.4, 0.5) is 16.2 Å². The van der Waals surface area contributed by atoms with Gasteiger partial charge in [0.15, 0.2) is 0 Å². The third kappa shape index (κ3) is 6.46.